The lowest BCUT2D eigenvalue weighted by atomic mass is 10.2. The molecule has 9 nitrogen and oxygen atoms in total. The summed E-state index contributed by atoms with van der Waals surface area (Å²) in [5.74, 6) is 0. The van der Waals surface area contributed by atoms with Crippen molar-refractivity contribution in [3.05, 3.63) is 75.1 Å². The average Bonchev–Trinajstić information content (AvgIpc) is 2.67. The van der Waals surface area contributed by atoms with E-state index in [1.807, 2.05) is 6.07 Å². The molecule has 26 heavy (non-hydrogen) atoms. The summed E-state index contributed by atoms with van der Waals surface area (Å²) < 4.78 is 1.06. The summed E-state index contributed by atoms with van der Waals surface area (Å²) in [6.07, 6.45) is 1.74. The lowest BCUT2D eigenvalue weighted by Crippen LogP contribution is -2.22. The Kier molecular flexibility index (Phi) is 5.13. The summed E-state index contributed by atoms with van der Waals surface area (Å²) in [4.78, 5) is 22.9. The van der Waals surface area contributed by atoms with Crippen molar-refractivity contribution in [1.82, 2.24) is 14.9 Å². The van der Waals surface area contributed by atoms with Gasteiger partial charge in [0, 0.05) is 17.7 Å². The third-order valence-electron chi connectivity index (χ3n) is 3.35. The van der Waals surface area contributed by atoms with Crippen LogP contribution in [-0.2, 0) is 0 Å². The van der Waals surface area contributed by atoms with Crippen molar-refractivity contribution in [2.45, 2.75) is 5.16 Å². The average molecular weight is 368 g/mol. The Bertz CT molecular complexity index is 1020. The van der Waals surface area contributed by atoms with Crippen LogP contribution in [0.5, 0.6) is 0 Å². The van der Waals surface area contributed by atoms with Gasteiger partial charge >= 0.3 is 5.56 Å². The van der Waals surface area contributed by atoms with Crippen molar-refractivity contribution in [3.63, 3.8) is 0 Å². The van der Waals surface area contributed by atoms with E-state index in [9.17, 15) is 14.9 Å². The number of aromatic nitrogens is 3. The van der Waals surface area contributed by atoms with E-state index in [4.69, 9.17) is 0 Å². The van der Waals surface area contributed by atoms with Crippen LogP contribution < -0.4 is 5.56 Å². The van der Waals surface area contributed by atoms with Crippen LogP contribution in [0.15, 0.2) is 74.9 Å². The quantitative estimate of drug-likeness (QED) is 0.295. The van der Waals surface area contributed by atoms with Crippen molar-refractivity contribution in [2.24, 2.45) is 10.3 Å². The second-order valence-corrected chi connectivity index (χ2v) is 5.75. The molecule has 0 fully saturated rings. The molecular formula is C16H12N6O3S. The molecule has 10 heteroatoms. The highest BCUT2D eigenvalue weighted by atomic mass is 32.2. The lowest BCUT2D eigenvalue weighted by Gasteiger charge is -2.05. The first-order valence-corrected chi connectivity index (χ1v) is 8.58. The molecule has 0 aliphatic rings. The number of nitro benzene ring substituents is 1. The van der Waals surface area contributed by atoms with Crippen molar-refractivity contribution in [2.75, 3.05) is 6.26 Å². The molecule has 0 saturated heterocycles. The Morgan fingerprint density at radius 3 is 2.38 bits per heavy atom. The minimum atomic E-state index is -0.504. The van der Waals surface area contributed by atoms with Crippen molar-refractivity contribution in [3.8, 4) is 11.3 Å². The molecule has 0 spiro atoms. The largest absolute Gasteiger partial charge is 0.303 e. The first kappa shape index (κ1) is 17.4. The van der Waals surface area contributed by atoms with Gasteiger partial charge in [0.1, 0.15) is 0 Å². The first-order valence-electron chi connectivity index (χ1n) is 7.36. The predicted octanol–water partition coefficient (Wildman–Crippen LogP) is 3.48. The van der Waals surface area contributed by atoms with Gasteiger partial charge in [0.25, 0.3) is 5.69 Å². The summed E-state index contributed by atoms with van der Waals surface area (Å²) in [6.45, 7) is 0. The zero-order valence-corrected chi connectivity index (χ0v) is 14.3. The Balaban J connectivity index is 2.00. The number of non-ortho nitro benzene ring substituents is 1. The van der Waals surface area contributed by atoms with Gasteiger partial charge < -0.3 is 0 Å². The smallest absolute Gasteiger partial charge is 0.265 e. The van der Waals surface area contributed by atoms with E-state index >= 15 is 0 Å². The molecule has 1 aromatic heterocycles. The van der Waals surface area contributed by atoms with E-state index in [1.165, 1.54) is 36.0 Å². The van der Waals surface area contributed by atoms with Gasteiger partial charge in [-0.1, -0.05) is 47.3 Å². The van der Waals surface area contributed by atoms with Gasteiger partial charge in [0.05, 0.1) is 10.6 Å². The van der Waals surface area contributed by atoms with Gasteiger partial charge in [-0.15, -0.1) is 20.0 Å². The Labute approximate surface area is 151 Å². The molecule has 1 heterocycles. The van der Waals surface area contributed by atoms with Crippen LogP contribution in [0.2, 0.25) is 0 Å². The minimum Gasteiger partial charge on any atom is -0.265 e. The van der Waals surface area contributed by atoms with Crippen LogP contribution in [0.25, 0.3) is 11.3 Å². The third-order valence-corrected chi connectivity index (χ3v) is 3.97. The van der Waals surface area contributed by atoms with E-state index in [-0.39, 0.29) is 16.5 Å². The van der Waals surface area contributed by atoms with Crippen LogP contribution in [0.1, 0.15) is 0 Å². The monoisotopic (exact) mass is 368 g/mol. The molecule has 0 N–H and O–H groups in total. The van der Waals surface area contributed by atoms with Gasteiger partial charge in [-0.2, -0.15) is 0 Å². The van der Waals surface area contributed by atoms with E-state index in [0.29, 0.717) is 11.3 Å². The maximum atomic E-state index is 12.7. The van der Waals surface area contributed by atoms with Crippen LogP contribution in [-0.4, -0.2) is 26.1 Å². The maximum Gasteiger partial charge on any atom is 0.303 e. The molecule has 3 rings (SSSR count). The Morgan fingerprint density at radius 2 is 1.77 bits per heavy atom. The second-order valence-electron chi connectivity index (χ2n) is 4.98. The molecule has 0 aliphatic heterocycles. The molecule has 3 aromatic rings. The standard InChI is InChI=1S/C16H12N6O3S/c1-26-16-19-18-14(11-5-3-2-4-6-11)15(23)21(16)20-17-12-7-9-13(10-8-12)22(24)25/h2-10H,1H3. The predicted molar refractivity (Wildman–Crippen MR) is 96.5 cm³/mol. The van der Waals surface area contributed by atoms with E-state index in [0.717, 1.165) is 4.68 Å². The molecule has 0 unspecified atom stereocenters. The number of thioether (sulfide) groups is 1. The number of nitro groups is 1. The first-order chi connectivity index (χ1) is 12.6. The highest BCUT2D eigenvalue weighted by Crippen LogP contribution is 2.19. The van der Waals surface area contributed by atoms with Crippen LogP contribution >= 0.6 is 11.8 Å². The molecule has 2 aromatic carbocycles. The number of hydrogen-bond donors (Lipinski definition) is 0. The molecular weight excluding hydrogens is 356 g/mol. The Hall–Kier alpha value is -3.40. The van der Waals surface area contributed by atoms with Gasteiger partial charge in [0.2, 0.25) is 5.16 Å². The molecule has 130 valence electrons. The fraction of sp³-hybridized carbons (Fsp3) is 0.0625. The van der Waals surface area contributed by atoms with Crippen LogP contribution in [0.4, 0.5) is 11.4 Å². The highest BCUT2D eigenvalue weighted by molar-refractivity contribution is 7.98. The number of rotatable bonds is 5. The summed E-state index contributed by atoms with van der Waals surface area (Å²) >= 11 is 1.20. The van der Waals surface area contributed by atoms with Crippen LogP contribution in [0.3, 0.4) is 0 Å². The van der Waals surface area contributed by atoms with Crippen molar-refractivity contribution >= 4 is 23.1 Å². The van der Waals surface area contributed by atoms with E-state index in [2.05, 4.69) is 20.5 Å². The molecule has 0 bridgehead atoms. The van der Waals surface area contributed by atoms with Gasteiger partial charge in [-0.05, 0) is 18.4 Å². The molecule has 0 aliphatic carbocycles. The summed E-state index contributed by atoms with van der Waals surface area (Å²) in [6, 6.07) is 14.4. The van der Waals surface area contributed by atoms with Crippen molar-refractivity contribution < 1.29 is 4.92 Å². The Morgan fingerprint density at radius 1 is 1.08 bits per heavy atom. The molecule has 0 amide bonds. The maximum absolute atomic E-state index is 12.7. The summed E-state index contributed by atoms with van der Waals surface area (Å²) in [5.41, 5.74) is 0.639. The van der Waals surface area contributed by atoms with Gasteiger partial charge in [-0.3, -0.25) is 14.9 Å². The second kappa shape index (κ2) is 7.66. The van der Waals surface area contributed by atoms with Crippen LogP contribution in [0, 0.1) is 10.1 Å². The molecule has 0 radical (unpaired) electrons. The fourth-order valence-electron chi connectivity index (χ4n) is 2.09. The van der Waals surface area contributed by atoms with E-state index in [1.54, 1.807) is 30.5 Å². The van der Waals surface area contributed by atoms with Gasteiger partial charge in [-0.25, -0.2) is 0 Å². The highest BCUT2D eigenvalue weighted by Gasteiger charge is 2.13. The summed E-state index contributed by atoms with van der Waals surface area (Å²) in [7, 11) is 0. The van der Waals surface area contributed by atoms with Crippen molar-refractivity contribution in [1.29, 1.82) is 0 Å². The number of nitrogens with zero attached hydrogens (tertiary/aromatic N) is 6. The molecule has 0 saturated carbocycles. The molecule has 0 atom stereocenters. The fourth-order valence-corrected chi connectivity index (χ4v) is 2.50. The number of benzene rings is 2. The number of hydrogen-bond acceptors (Lipinski definition) is 8. The normalized spacial score (nSPS) is 11.0. The topological polar surface area (TPSA) is 116 Å². The summed E-state index contributed by atoms with van der Waals surface area (Å²) in [5, 5.41) is 26.9. The SMILES string of the molecule is CSc1nnc(-c2ccccc2)c(=O)n1N=Nc1ccc([N+](=O)[O-])cc1. The lowest BCUT2D eigenvalue weighted by molar-refractivity contribution is -0.384. The zero-order chi connectivity index (χ0) is 18.5. The van der Waals surface area contributed by atoms with E-state index < -0.39 is 10.5 Å². The zero-order valence-electron chi connectivity index (χ0n) is 13.5. The third kappa shape index (κ3) is 3.64. The minimum absolute atomic E-state index is 0.0529. The van der Waals surface area contributed by atoms with Gasteiger partial charge in [0.15, 0.2) is 5.69 Å².